The molecule has 0 aliphatic heterocycles. The average molecular weight is 608 g/mol. The molecule has 0 radical (unpaired) electrons. The fraction of sp³-hybridized carbons (Fsp3) is 0.174. The van der Waals surface area contributed by atoms with Gasteiger partial charge in [0.15, 0.2) is 0 Å². The Kier molecular flexibility index (Phi) is 7.03. The minimum absolute atomic E-state index is 0.154. The van der Waals surface area contributed by atoms with Gasteiger partial charge in [0.1, 0.15) is 0 Å². The van der Waals surface area contributed by atoms with Gasteiger partial charge < -0.3 is 4.90 Å². The van der Waals surface area contributed by atoms with Gasteiger partial charge in [0.25, 0.3) is 0 Å². The van der Waals surface area contributed by atoms with E-state index in [0.717, 1.165) is 12.1 Å². The van der Waals surface area contributed by atoms with E-state index in [9.17, 15) is 0 Å². The average Bonchev–Trinajstić information content (AvgIpc) is 3.07. The molecule has 230 valence electrons. The van der Waals surface area contributed by atoms with Crippen LogP contribution in [-0.2, 0) is 11.8 Å². The van der Waals surface area contributed by atoms with Crippen molar-refractivity contribution in [2.75, 3.05) is 4.90 Å². The maximum atomic E-state index is 2.40. The van der Waals surface area contributed by atoms with Gasteiger partial charge in [0, 0.05) is 17.1 Å². The van der Waals surface area contributed by atoms with Crippen LogP contribution in [0.3, 0.4) is 0 Å². The van der Waals surface area contributed by atoms with Crippen LogP contribution in [0.4, 0.5) is 17.1 Å². The van der Waals surface area contributed by atoms with Crippen molar-refractivity contribution in [2.24, 2.45) is 5.92 Å². The first-order chi connectivity index (χ1) is 22.7. The monoisotopic (exact) mass is 607 g/mol. The quantitative estimate of drug-likeness (QED) is 0.182. The number of hydrogen-bond donors (Lipinski definition) is 0. The van der Waals surface area contributed by atoms with Gasteiger partial charge in [-0.15, -0.1) is 0 Å². The zero-order valence-corrected chi connectivity index (χ0v) is 28.0. The van der Waals surface area contributed by atoms with E-state index in [1.807, 2.05) is 0 Å². The second kappa shape index (κ2) is 11.3. The predicted molar refractivity (Wildman–Crippen MR) is 203 cm³/mol. The summed E-state index contributed by atoms with van der Waals surface area (Å²) >= 11 is 0. The summed E-state index contributed by atoms with van der Waals surface area (Å²) < 4.78 is 0. The Morgan fingerprint density at radius 1 is 0.468 bits per heavy atom. The lowest BCUT2D eigenvalue weighted by atomic mass is 9.77. The molecule has 0 unspecified atom stereocenters. The number of fused-ring (bicyclic) bond motifs is 6. The Balaban J connectivity index is 1.16. The fourth-order valence-corrected chi connectivity index (χ4v) is 7.17. The lowest BCUT2D eigenvalue weighted by molar-refractivity contribution is 0.590. The number of benzene rings is 7. The number of rotatable bonds is 6. The van der Waals surface area contributed by atoms with Crippen LogP contribution in [0.15, 0.2) is 140 Å². The van der Waals surface area contributed by atoms with Crippen molar-refractivity contribution in [3.05, 3.63) is 151 Å². The SMILES string of the molecule is CC(C)Cc1ccc(N(c2ccccc2)c2ccc3cc4c(cc3c2)-c2cc3cc(-c5ccc(C(C)(C)C)cc5)ccc3cc2-4)cc1. The van der Waals surface area contributed by atoms with E-state index in [1.165, 1.54) is 77.4 Å². The standard InChI is InChI=1S/C46H41N/c1-30(2)23-31-11-20-40(21-12-31)47(39-9-7-6-8-10-39)41-22-17-35-27-43-42-26-34-14-13-33(32-15-18-38(19-16-32)46(3,4)5)24-36(34)28-44(42)45(43)29-37(35)25-41/h6-22,24-30H,23H2,1-5H3. The molecule has 1 aliphatic rings. The van der Waals surface area contributed by atoms with Crippen LogP contribution in [0.25, 0.3) is 54.9 Å². The molecule has 0 atom stereocenters. The third-order valence-corrected chi connectivity index (χ3v) is 9.71. The summed E-state index contributed by atoms with van der Waals surface area (Å²) in [6.07, 6.45) is 1.09. The highest BCUT2D eigenvalue weighted by Crippen LogP contribution is 2.51. The van der Waals surface area contributed by atoms with Crippen LogP contribution in [0, 0.1) is 5.92 Å². The summed E-state index contributed by atoms with van der Waals surface area (Å²) in [4.78, 5) is 2.37. The minimum atomic E-state index is 0.154. The largest absolute Gasteiger partial charge is 0.310 e. The van der Waals surface area contributed by atoms with E-state index in [0.29, 0.717) is 5.92 Å². The predicted octanol–water partition coefficient (Wildman–Crippen LogP) is 13.3. The molecular weight excluding hydrogens is 567 g/mol. The molecule has 0 N–H and O–H groups in total. The third kappa shape index (κ3) is 5.40. The molecule has 7 aromatic carbocycles. The number of anilines is 3. The summed E-state index contributed by atoms with van der Waals surface area (Å²) in [5.41, 5.74) is 14.3. The van der Waals surface area contributed by atoms with E-state index >= 15 is 0 Å². The molecule has 0 amide bonds. The second-order valence-electron chi connectivity index (χ2n) is 14.7. The molecule has 7 aromatic rings. The Morgan fingerprint density at radius 3 is 1.57 bits per heavy atom. The van der Waals surface area contributed by atoms with Gasteiger partial charge in [-0.3, -0.25) is 0 Å². The minimum Gasteiger partial charge on any atom is -0.310 e. The van der Waals surface area contributed by atoms with E-state index in [-0.39, 0.29) is 5.41 Å². The molecule has 0 bridgehead atoms. The normalized spacial score (nSPS) is 12.2. The summed E-state index contributed by atoms with van der Waals surface area (Å²) in [5.74, 6) is 0.639. The lowest BCUT2D eigenvalue weighted by Crippen LogP contribution is -2.10. The molecule has 1 aliphatic carbocycles. The summed E-state index contributed by atoms with van der Waals surface area (Å²) in [6, 6.07) is 52.2. The summed E-state index contributed by atoms with van der Waals surface area (Å²) in [7, 11) is 0. The molecule has 47 heavy (non-hydrogen) atoms. The molecule has 8 rings (SSSR count). The van der Waals surface area contributed by atoms with Crippen LogP contribution in [0.5, 0.6) is 0 Å². The molecule has 0 heterocycles. The smallest absolute Gasteiger partial charge is 0.0468 e. The number of para-hydroxylation sites is 1. The maximum absolute atomic E-state index is 2.40. The van der Waals surface area contributed by atoms with Gasteiger partial charge in [0.05, 0.1) is 0 Å². The molecular formula is C46H41N. The van der Waals surface area contributed by atoms with Crippen molar-refractivity contribution in [3.63, 3.8) is 0 Å². The maximum Gasteiger partial charge on any atom is 0.0468 e. The van der Waals surface area contributed by atoms with Crippen molar-refractivity contribution in [2.45, 2.75) is 46.5 Å². The first-order valence-electron chi connectivity index (χ1n) is 16.9. The van der Waals surface area contributed by atoms with Crippen molar-refractivity contribution in [3.8, 4) is 33.4 Å². The number of nitrogens with zero attached hydrogens (tertiary/aromatic N) is 1. The molecule has 0 saturated carbocycles. The van der Waals surface area contributed by atoms with E-state index in [1.54, 1.807) is 0 Å². The molecule has 0 saturated heterocycles. The van der Waals surface area contributed by atoms with Crippen molar-refractivity contribution in [1.29, 1.82) is 0 Å². The lowest BCUT2D eigenvalue weighted by Gasteiger charge is -2.28. The Labute approximate surface area is 279 Å². The zero-order valence-electron chi connectivity index (χ0n) is 28.0. The van der Waals surface area contributed by atoms with Crippen molar-refractivity contribution >= 4 is 38.6 Å². The Hall–Kier alpha value is -5.14. The third-order valence-electron chi connectivity index (χ3n) is 9.71. The van der Waals surface area contributed by atoms with E-state index in [2.05, 4.69) is 179 Å². The van der Waals surface area contributed by atoms with Crippen LogP contribution in [0.2, 0.25) is 0 Å². The topological polar surface area (TPSA) is 3.24 Å². The second-order valence-corrected chi connectivity index (χ2v) is 14.7. The van der Waals surface area contributed by atoms with Crippen LogP contribution in [0.1, 0.15) is 45.7 Å². The Morgan fingerprint density at radius 2 is 0.979 bits per heavy atom. The van der Waals surface area contributed by atoms with Gasteiger partial charge in [0.2, 0.25) is 0 Å². The van der Waals surface area contributed by atoms with Crippen LogP contribution >= 0.6 is 0 Å². The van der Waals surface area contributed by atoms with E-state index in [4.69, 9.17) is 0 Å². The van der Waals surface area contributed by atoms with Crippen LogP contribution < -0.4 is 4.90 Å². The molecule has 1 heteroatoms. The summed E-state index contributed by atoms with van der Waals surface area (Å²) in [5, 5.41) is 5.11. The fourth-order valence-electron chi connectivity index (χ4n) is 7.17. The Bertz CT molecular complexity index is 2250. The van der Waals surface area contributed by atoms with Gasteiger partial charge >= 0.3 is 0 Å². The molecule has 0 aromatic heterocycles. The first kappa shape index (κ1) is 29.3. The summed E-state index contributed by atoms with van der Waals surface area (Å²) in [6.45, 7) is 11.4. The number of hydrogen-bond acceptors (Lipinski definition) is 1. The van der Waals surface area contributed by atoms with Gasteiger partial charge in [-0.2, -0.15) is 0 Å². The molecule has 0 spiro atoms. The van der Waals surface area contributed by atoms with E-state index < -0.39 is 0 Å². The highest BCUT2D eigenvalue weighted by Gasteiger charge is 2.24. The van der Waals surface area contributed by atoms with Crippen molar-refractivity contribution < 1.29 is 0 Å². The highest BCUT2D eigenvalue weighted by molar-refractivity contribution is 6.12. The molecule has 0 fully saturated rings. The van der Waals surface area contributed by atoms with Crippen LogP contribution in [-0.4, -0.2) is 0 Å². The first-order valence-corrected chi connectivity index (χ1v) is 16.9. The molecule has 1 nitrogen and oxygen atoms in total. The van der Waals surface area contributed by atoms with Crippen molar-refractivity contribution in [1.82, 2.24) is 0 Å². The highest BCUT2D eigenvalue weighted by atomic mass is 15.1. The van der Waals surface area contributed by atoms with Gasteiger partial charge in [-0.25, -0.2) is 0 Å². The van der Waals surface area contributed by atoms with Gasteiger partial charge in [-0.05, 0) is 151 Å². The zero-order chi connectivity index (χ0) is 32.3. The van der Waals surface area contributed by atoms with Gasteiger partial charge in [-0.1, -0.05) is 107 Å².